The van der Waals surface area contributed by atoms with Crippen LogP contribution in [0.25, 0.3) is 0 Å². The predicted octanol–water partition coefficient (Wildman–Crippen LogP) is 2.84. The van der Waals surface area contributed by atoms with E-state index in [9.17, 15) is 4.79 Å². The third-order valence-corrected chi connectivity index (χ3v) is 5.55. The van der Waals surface area contributed by atoms with Crippen LogP contribution in [0, 0.1) is 12.8 Å². The largest absolute Gasteiger partial charge is 0.382 e. The lowest BCUT2D eigenvalue weighted by atomic mass is 9.95. The Balaban J connectivity index is 1.52. The van der Waals surface area contributed by atoms with Crippen molar-refractivity contribution >= 4 is 23.1 Å². The summed E-state index contributed by atoms with van der Waals surface area (Å²) in [7, 11) is 0. The van der Waals surface area contributed by atoms with Gasteiger partial charge in [-0.05, 0) is 50.7 Å². The number of likely N-dealkylation sites (tertiary alicyclic amines) is 1. The van der Waals surface area contributed by atoms with E-state index in [4.69, 9.17) is 5.73 Å². The van der Waals surface area contributed by atoms with Gasteiger partial charge in [-0.25, -0.2) is 4.98 Å². The Bertz CT molecular complexity index is 683. The number of thiophene rings is 1. The lowest BCUT2D eigenvalue weighted by Crippen LogP contribution is -2.33. The van der Waals surface area contributed by atoms with Gasteiger partial charge in [0.25, 0.3) is 0 Å². The van der Waals surface area contributed by atoms with E-state index in [2.05, 4.69) is 29.0 Å². The molecule has 0 spiro atoms. The highest BCUT2D eigenvalue weighted by Crippen LogP contribution is 2.22. The number of nitrogens with zero attached hydrogens (tertiary/aromatic N) is 3. The maximum Gasteiger partial charge on any atom is 0.227 e. The molecule has 1 aliphatic heterocycles. The van der Waals surface area contributed by atoms with Crippen molar-refractivity contribution < 1.29 is 4.79 Å². The monoisotopic (exact) mass is 344 g/mol. The highest BCUT2D eigenvalue weighted by atomic mass is 32.1. The Kier molecular flexibility index (Phi) is 5.45. The summed E-state index contributed by atoms with van der Waals surface area (Å²) in [5, 5.41) is 0. The molecule has 5 nitrogen and oxygen atoms in total. The predicted molar refractivity (Wildman–Crippen MR) is 96.8 cm³/mol. The summed E-state index contributed by atoms with van der Waals surface area (Å²) in [5.74, 6) is 1.27. The van der Waals surface area contributed by atoms with Gasteiger partial charge in [0.1, 0.15) is 5.82 Å². The van der Waals surface area contributed by atoms with Crippen molar-refractivity contribution in [2.24, 2.45) is 5.92 Å². The number of hydrogen-bond donors (Lipinski definition) is 1. The maximum absolute atomic E-state index is 12.5. The third-order valence-electron chi connectivity index (χ3n) is 4.54. The van der Waals surface area contributed by atoms with Crippen molar-refractivity contribution in [1.29, 1.82) is 0 Å². The van der Waals surface area contributed by atoms with E-state index >= 15 is 0 Å². The van der Waals surface area contributed by atoms with Gasteiger partial charge in [0, 0.05) is 22.8 Å². The number of aryl methyl sites for hydroxylation is 1. The summed E-state index contributed by atoms with van der Waals surface area (Å²) in [5.41, 5.74) is 6.57. The molecule has 128 valence electrons. The van der Waals surface area contributed by atoms with Crippen molar-refractivity contribution in [1.82, 2.24) is 14.9 Å². The van der Waals surface area contributed by atoms with E-state index in [1.165, 1.54) is 4.88 Å². The molecule has 0 aromatic carbocycles. The fourth-order valence-corrected chi connectivity index (χ4v) is 4.11. The zero-order valence-electron chi connectivity index (χ0n) is 14.1. The van der Waals surface area contributed by atoms with Crippen molar-refractivity contribution in [3.8, 4) is 0 Å². The van der Waals surface area contributed by atoms with Gasteiger partial charge in [0.2, 0.25) is 5.91 Å². The number of nitrogen functional groups attached to an aromatic ring is 1. The Labute approximate surface area is 146 Å². The van der Waals surface area contributed by atoms with Gasteiger partial charge < -0.3 is 10.6 Å². The molecule has 0 aliphatic carbocycles. The molecule has 1 aliphatic rings. The first-order chi connectivity index (χ1) is 11.6. The molecular weight excluding hydrogens is 320 g/mol. The van der Waals surface area contributed by atoms with Crippen LogP contribution in [-0.4, -0.2) is 33.9 Å². The Morgan fingerprint density at radius 3 is 2.88 bits per heavy atom. The average molecular weight is 344 g/mol. The van der Waals surface area contributed by atoms with Crippen LogP contribution >= 0.6 is 11.3 Å². The van der Waals surface area contributed by atoms with Gasteiger partial charge >= 0.3 is 0 Å². The molecule has 1 atom stereocenters. The molecule has 1 saturated heterocycles. The van der Waals surface area contributed by atoms with Crippen LogP contribution in [-0.2, 0) is 17.6 Å². The standard InChI is InChI=1S/C18H24N4OS/c1-13-4-5-16(24-13)10-18(23)22-7-2-3-14(6-8-22)9-15-11-21-17(19)12-20-15/h4-5,11-12,14H,2-3,6-10H2,1H3,(H2,19,21). The molecule has 2 N–H and O–H groups in total. The van der Waals surface area contributed by atoms with Crippen LogP contribution in [0.3, 0.4) is 0 Å². The number of carbonyl (C=O) groups excluding carboxylic acids is 1. The fourth-order valence-electron chi connectivity index (χ4n) is 3.23. The molecule has 24 heavy (non-hydrogen) atoms. The molecule has 0 saturated carbocycles. The van der Waals surface area contributed by atoms with Gasteiger partial charge in [-0.2, -0.15) is 0 Å². The number of rotatable bonds is 4. The van der Waals surface area contributed by atoms with Gasteiger partial charge in [-0.1, -0.05) is 0 Å². The second-order valence-electron chi connectivity index (χ2n) is 6.50. The van der Waals surface area contributed by atoms with Crippen molar-refractivity contribution in [2.75, 3.05) is 18.8 Å². The third kappa shape index (κ3) is 4.54. The van der Waals surface area contributed by atoms with E-state index < -0.39 is 0 Å². The fraction of sp³-hybridized carbons (Fsp3) is 0.500. The van der Waals surface area contributed by atoms with E-state index in [1.807, 2.05) is 4.90 Å². The molecule has 1 amide bonds. The first-order valence-corrected chi connectivity index (χ1v) is 9.31. The second kappa shape index (κ2) is 7.75. The first kappa shape index (κ1) is 16.9. The second-order valence-corrected chi connectivity index (χ2v) is 7.88. The minimum Gasteiger partial charge on any atom is -0.382 e. The molecule has 2 aromatic rings. The minimum absolute atomic E-state index is 0.254. The summed E-state index contributed by atoms with van der Waals surface area (Å²) in [6, 6.07) is 4.15. The van der Waals surface area contributed by atoms with Crippen molar-refractivity contribution in [2.45, 2.75) is 39.0 Å². The van der Waals surface area contributed by atoms with Gasteiger partial charge in [0.05, 0.1) is 24.5 Å². The summed E-state index contributed by atoms with van der Waals surface area (Å²) < 4.78 is 0. The molecule has 1 unspecified atom stereocenters. The Morgan fingerprint density at radius 1 is 1.29 bits per heavy atom. The Hall–Kier alpha value is -1.95. The number of hydrogen-bond acceptors (Lipinski definition) is 5. The van der Waals surface area contributed by atoms with Crippen LogP contribution in [0.5, 0.6) is 0 Å². The lowest BCUT2D eigenvalue weighted by molar-refractivity contribution is -0.130. The Morgan fingerprint density at radius 2 is 2.17 bits per heavy atom. The van der Waals surface area contributed by atoms with E-state index in [1.54, 1.807) is 23.7 Å². The van der Waals surface area contributed by atoms with Crippen LogP contribution in [0.1, 0.15) is 34.7 Å². The van der Waals surface area contributed by atoms with Crippen LogP contribution in [0.2, 0.25) is 0 Å². The zero-order valence-corrected chi connectivity index (χ0v) is 14.9. The van der Waals surface area contributed by atoms with Gasteiger partial charge in [0.15, 0.2) is 0 Å². The SMILES string of the molecule is Cc1ccc(CC(=O)N2CCCC(Cc3cnc(N)cn3)CC2)s1. The summed E-state index contributed by atoms with van der Waals surface area (Å²) in [6.07, 6.45) is 8.05. The molecule has 1 fully saturated rings. The molecule has 2 aromatic heterocycles. The highest BCUT2D eigenvalue weighted by Gasteiger charge is 2.21. The smallest absolute Gasteiger partial charge is 0.227 e. The van der Waals surface area contributed by atoms with Gasteiger partial charge in [-0.3, -0.25) is 9.78 Å². The number of amides is 1. The number of carbonyl (C=O) groups is 1. The maximum atomic E-state index is 12.5. The number of aromatic nitrogens is 2. The number of nitrogens with two attached hydrogens (primary N) is 1. The highest BCUT2D eigenvalue weighted by molar-refractivity contribution is 7.12. The molecule has 0 bridgehead atoms. The van der Waals surface area contributed by atoms with E-state index in [0.29, 0.717) is 18.2 Å². The van der Waals surface area contributed by atoms with Crippen LogP contribution < -0.4 is 5.73 Å². The quantitative estimate of drug-likeness (QED) is 0.926. The normalized spacial score (nSPS) is 18.4. The summed E-state index contributed by atoms with van der Waals surface area (Å²) in [6.45, 7) is 3.79. The van der Waals surface area contributed by atoms with Gasteiger partial charge in [-0.15, -0.1) is 11.3 Å². The van der Waals surface area contributed by atoms with E-state index in [0.717, 1.165) is 49.3 Å². The molecule has 3 rings (SSSR count). The average Bonchev–Trinajstić information content (AvgIpc) is 2.83. The van der Waals surface area contributed by atoms with Crippen LogP contribution in [0.15, 0.2) is 24.5 Å². The molecule has 0 radical (unpaired) electrons. The molecular formula is C18H24N4OS. The zero-order chi connectivity index (χ0) is 16.9. The first-order valence-electron chi connectivity index (χ1n) is 8.49. The van der Waals surface area contributed by atoms with E-state index in [-0.39, 0.29) is 5.91 Å². The number of anilines is 1. The summed E-state index contributed by atoms with van der Waals surface area (Å²) in [4.78, 5) is 25.4. The minimum atomic E-state index is 0.254. The topological polar surface area (TPSA) is 72.1 Å². The molecule has 6 heteroatoms. The van der Waals surface area contributed by atoms with Crippen molar-refractivity contribution in [3.63, 3.8) is 0 Å². The van der Waals surface area contributed by atoms with Crippen molar-refractivity contribution in [3.05, 3.63) is 40.0 Å². The molecule has 3 heterocycles. The summed E-state index contributed by atoms with van der Waals surface area (Å²) >= 11 is 1.72. The van der Waals surface area contributed by atoms with Crippen LogP contribution in [0.4, 0.5) is 5.82 Å². The lowest BCUT2D eigenvalue weighted by Gasteiger charge is -2.20.